The van der Waals surface area contributed by atoms with Crippen molar-refractivity contribution in [1.29, 1.82) is 0 Å². The van der Waals surface area contributed by atoms with Gasteiger partial charge >= 0.3 is 17.9 Å². The van der Waals surface area contributed by atoms with Gasteiger partial charge < -0.3 is 109 Å². The van der Waals surface area contributed by atoms with Crippen molar-refractivity contribution in [3.05, 3.63) is 35.9 Å². The molecule has 2 bridgehead atoms. The molecule has 0 unspecified atom stereocenters. The number of esters is 3. The maximum atomic E-state index is 13.9. The smallest absolute Gasteiger partial charge is 0.338 e. The van der Waals surface area contributed by atoms with E-state index in [9.17, 15) is 80.5 Å². The highest BCUT2D eigenvalue weighted by molar-refractivity contribution is 5.91. The molecule has 4 saturated heterocycles. The summed E-state index contributed by atoms with van der Waals surface area (Å²) in [4.78, 5) is 53.7. The van der Waals surface area contributed by atoms with E-state index in [1.165, 1.54) is 31.4 Å². The molecule has 1 aromatic carbocycles. The number of methoxy groups -OCH3 is 1. The van der Waals surface area contributed by atoms with Crippen LogP contribution in [0, 0.1) is 41.4 Å². The predicted octanol–water partition coefficient (Wildman–Crippen LogP) is 3.57. The van der Waals surface area contributed by atoms with Crippen LogP contribution in [0.5, 0.6) is 11.5 Å². The zero-order valence-corrected chi connectivity index (χ0v) is 56.6. The standard InChI is InChI=1S/C68H110O26/c1-13-52(89-57-31-54(63(85-12)40(10)87-57)91-67(83)42-21-22-47(72)53(26-42)90-56-25-23-46(71)39(9)86-56)35(5)59(79)36(6)60(80)37(7)61-38(8)62-64(93-62)48(73)19-15-18-43(70)27-44(88-41(11)69)28-45-29-51(76)65(81)68(84,94-45)66(82)58(78)34(4)17-14-16-32(2)49(74)30-50(75)33(3)20-24-55(77)92-61/h20-22,24,26,32-40,43-46,48-52,54,56-65,70-76,78-81,84H,13-19,23,25,27-31H2,1-12H3/b24-20-/t32-,33-,34+,35-,36+,37-,38+,39+,40-,43+,44-,45+,46+,48+,49-,50+,51-,52-,54-,56-,57+,58-,59-,60-,61-,62-,63-,64-,65+,68+/m0/s1. The lowest BCUT2D eigenvalue weighted by Gasteiger charge is -2.44. The van der Waals surface area contributed by atoms with E-state index in [0.717, 1.165) is 13.0 Å². The van der Waals surface area contributed by atoms with Gasteiger partial charge in [0, 0.05) is 88.2 Å². The normalized spacial score (nSPS) is 40.6. The Hall–Kier alpha value is -4.04. The zero-order valence-electron chi connectivity index (χ0n) is 56.6. The van der Waals surface area contributed by atoms with E-state index in [-0.39, 0.29) is 80.8 Å². The van der Waals surface area contributed by atoms with Gasteiger partial charge in [-0.1, -0.05) is 67.9 Å². The van der Waals surface area contributed by atoms with Crippen molar-refractivity contribution in [2.24, 2.45) is 41.4 Å². The maximum absolute atomic E-state index is 13.9. The molecule has 0 amide bonds. The van der Waals surface area contributed by atoms with E-state index >= 15 is 0 Å². The maximum Gasteiger partial charge on any atom is 0.338 e. The highest BCUT2D eigenvalue weighted by Gasteiger charge is 2.57. The Labute approximate surface area is 552 Å². The summed E-state index contributed by atoms with van der Waals surface area (Å²) in [6.07, 6.45) is -18.7. The van der Waals surface area contributed by atoms with Gasteiger partial charge in [-0.2, -0.15) is 0 Å². The summed E-state index contributed by atoms with van der Waals surface area (Å²) in [5, 5.41) is 135. The summed E-state index contributed by atoms with van der Waals surface area (Å²) >= 11 is 0. The molecule has 1 aromatic rings. The number of hydrogen-bond donors (Lipinski definition) is 12. The van der Waals surface area contributed by atoms with E-state index in [4.69, 9.17) is 47.4 Å². The monoisotopic (exact) mass is 1340 g/mol. The molecule has 94 heavy (non-hydrogen) atoms. The van der Waals surface area contributed by atoms with Crippen molar-refractivity contribution < 1.29 is 128 Å². The number of benzene rings is 1. The van der Waals surface area contributed by atoms with Gasteiger partial charge in [0.25, 0.3) is 5.79 Å². The zero-order chi connectivity index (χ0) is 69.8. The summed E-state index contributed by atoms with van der Waals surface area (Å²) in [6, 6.07) is 4.04. The van der Waals surface area contributed by atoms with Crippen LogP contribution in [0.2, 0.25) is 0 Å². The third-order valence-electron chi connectivity index (χ3n) is 20.2. The Morgan fingerprint density at radius 1 is 0.702 bits per heavy atom. The SMILES string of the molecule is CC[C@H](O[C@@H]1C[C@H](OC(=O)c2ccc(O)c(O[C@H]3CC[C@@H](O)[C@@H](C)O3)c2)[C@@H](OC)[C@H](C)O1)[C@H](C)[C@H](O)[C@@H](C)[C@H](O)[C@H](C)[C@@H]1OC(=O)/C=C\[C@H](C)[C@H](O)C[C@H](O)[C@@H](C)CCC[C@@H](C)[C@H](O)C(=O)[C@]2(O)O[C@H](C[C@@H](OC(C)=O)C[C@H](O)CCC[C@@H](O)[C@@H]3O[C@H]3[C@@H]1C)C[C@H](O)[C@H]2O. The van der Waals surface area contributed by atoms with E-state index in [1.807, 2.05) is 6.92 Å². The van der Waals surface area contributed by atoms with Gasteiger partial charge in [-0.25, -0.2) is 9.59 Å². The molecule has 538 valence electrons. The lowest BCUT2D eigenvalue weighted by atomic mass is 9.77. The van der Waals surface area contributed by atoms with E-state index in [1.54, 1.807) is 62.3 Å². The molecule has 0 saturated carbocycles. The fourth-order valence-electron chi connectivity index (χ4n) is 13.8. The largest absolute Gasteiger partial charge is 0.504 e. The van der Waals surface area contributed by atoms with E-state index in [2.05, 4.69) is 0 Å². The van der Waals surface area contributed by atoms with Crippen LogP contribution in [-0.2, 0) is 57.0 Å². The van der Waals surface area contributed by atoms with Gasteiger partial charge in [0.15, 0.2) is 17.8 Å². The summed E-state index contributed by atoms with van der Waals surface area (Å²) in [6.45, 7) is 18.3. The summed E-state index contributed by atoms with van der Waals surface area (Å²) in [5.41, 5.74) is 0.0732. The number of phenols is 1. The second-order valence-corrected chi connectivity index (χ2v) is 27.7. The molecule has 0 aromatic heterocycles. The fourth-order valence-corrected chi connectivity index (χ4v) is 13.8. The molecule has 0 spiro atoms. The van der Waals surface area contributed by atoms with E-state index < -0.39 is 200 Å². The van der Waals surface area contributed by atoms with Crippen LogP contribution in [0.1, 0.15) is 176 Å². The van der Waals surface area contributed by atoms with Gasteiger partial charge in [0.2, 0.25) is 12.1 Å². The average molecular weight is 1340 g/mol. The number of aliphatic hydroxyl groups excluding tert-OH is 10. The summed E-state index contributed by atoms with van der Waals surface area (Å²) < 4.78 is 59.7. The lowest BCUT2D eigenvalue weighted by molar-refractivity contribution is -0.309. The Bertz CT molecular complexity index is 2570. The molecule has 4 fully saturated rings. The van der Waals surface area contributed by atoms with Crippen LogP contribution in [0.25, 0.3) is 0 Å². The molecule has 12 N–H and O–H groups in total. The molecule has 6 rings (SSSR count). The second kappa shape index (κ2) is 35.6. The molecular formula is C68H110O26. The molecule has 26 nitrogen and oxygen atoms in total. The number of Topliss-reactive ketones (excluding diaryl/α,β-unsaturated/α-hetero) is 1. The number of carbonyl (C=O) groups is 4. The van der Waals surface area contributed by atoms with Crippen molar-refractivity contribution in [1.82, 2.24) is 0 Å². The number of phenolic OH excluding ortho intramolecular Hbond substituents is 1. The van der Waals surface area contributed by atoms with Crippen molar-refractivity contribution in [3.8, 4) is 11.5 Å². The molecule has 0 radical (unpaired) electrons. The summed E-state index contributed by atoms with van der Waals surface area (Å²) in [7, 11) is 1.46. The molecule has 26 heteroatoms. The van der Waals surface area contributed by atoms with Crippen molar-refractivity contribution in [2.45, 2.75) is 306 Å². The number of aromatic hydroxyl groups is 1. The first-order valence-corrected chi connectivity index (χ1v) is 33.9. The second-order valence-electron chi connectivity index (χ2n) is 27.7. The topological polar surface area (TPSA) is 407 Å². The van der Waals surface area contributed by atoms with E-state index in [0.29, 0.717) is 32.1 Å². The number of carbonyl (C=O) groups excluding carboxylic acids is 4. The minimum absolute atomic E-state index is 0.00929. The van der Waals surface area contributed by atoms with Gasteiger partial charge in [0.1, 0.15) is 42.7 Å². The number of aliphatic hydroxyl groups is 11. The van der Waals surface area contributed by atoms with Crippen LogP contribution in [-0.4, -0.2) is 233 Å². The third-order valence-corrected chi connectivity index (χ3v) is 20.2. The van der Waals surface area contributed by atoms with Crippen LogP contribution in [0.4, 0.5) is 0 Å². The molecule has 0 aliphatic carbocycles. The minimum atomic E-state index is -3.04. The quantitative estimate of drug-likeness (QED) is 0.0678. The number of cyclic esters (lactones) is 1. The van der Waals surface area contributed by atoms with Gasteiger partial charge in [-0.05, 0) is 88.8 Å². The Balaban J connectivity index is 1.15. The van der Waals surface area contributed by atoms with Gasteiger partial charge in [0.05, 0.1) is 84.9 Å². The molecular weight excluding hydrogens is 1230 g/mol. The number of epoxide rings is 1. The first-order chi connectivity index (χ1) is 44.2. The molecule has 5 heterocycles. The third kappa shape index (κ3) is 21.0. The minimum Gasteiger partial charge on any atom is -0.504 e. The number of ketones is 1. The number of rotatable bonds is 15. The number of fused-ring (bicyclic) bond motifs is 3. The lowest BCUT2D eigenvalue weighted by Crippen LogP contribution is -2.65. The first-order valence-electron chi connectivity index (χ1n) is 33.9. The molecule has 30 atom stereocenters. The Kier molecular flexibility index (Phi) is 29.9. The molecule has 5 aliphatic heterocycles. The van der Waals surface area contributed by atoms with Crippen LogP contribution in [0.3, 0.4) is 0 Å². The summed E-state index contributed by atoms with van der Waals surface area (Å²) in [5.74, 6) is -11.8. The number of ether oxygens (including phenoxy) is 10. The predicted molar refractivity (Wildman–Crippen MR) is 335 cm³/mol. The average Bonchev–Trinajstić information content (AvgIpc) is 1.29. The first kappa shape index (κ1) is 79.0. The van der Waals surface area contributed by atoms with Crippen molar-refractivity contribution in [2.75, 3.05) is 7.11 Å². The van der Waals surface area contributed by atoms with Crippen LogP contribution in [0.15, 0.2) is 30.4 Å². The van der Waals surface area contributed by atoms with Gasteiger partial charge in [-0.15, -0.1) is 0 Å². The van der Waals surface area contributed by atoms with Crippen LogP contribution < -0.4 is 4.74 Å². The van der Waals surface area contributed by atoms with Gasteiger partial charge in [-0.3, -0.25) is 9.59 Å². The fraction of sp³-hybridized carbons (Fsp3) is 0.824. The Morgan fingerprint density at radius 2 is 1.37 bits per heavy atom. The highest BCUT2D eigenvalue weighted by Crippen LogP contribution is 2.42. The molecule has 5 aliphatic rings. The number of hydrogen-bond acceptors (Lipinski definition) is 26. The van der Waals surface area contributed by atoms with Crippen molar-refractivity contribution >= 4 is 23.7 Å². The van der Waals surface area contributed by atoms with Crippen molar-refractivity contribution in [3.63, 3.8) is 0 Å². The Morgan fingerprint density at radius 3 is 2.03 bits per heavy atom. The highest BCUT2D eigenvalue weighted by atomic mass is 16.7. The van der Waals surface area contributed by atoms with Crippen LogP contribution >= 0.6 is 0 Å².